The number of aromatic hydroxyl groups is 1. The third-order valence-electron chi connectivity index (χ3n) is 3.81. The maximum absolute atomic E-state index is 12.0. The van der Waals surface area contributed by atoms with Gasteiger partial charge in [-0.1, -0.05) is 25.1 Å². The zero-order valence-electron chi connectivity index (χ0n) is 15.8. The Morgan fingerprint density at radius 2 is 1.97 bits per heavy atom. The van der Waals surface area contributed by atoms with E-state index in [1.165, 1.54) is 6.07 Å². The lowest BCUT2D eigenvalue weighted by atomic mass is 10.1. The van der Waals surface area contributed by atoms with Gasteiger partial charge in [-0.05, 0) is 31.0 Å². The van der Waals surface area contributed by atoms with E-state index in [0.717, 1.165) is 17.8 Å². The molecule has 2 rings (SSSR count). The molecule has 0 bridgehead atoms. The van der Waals surface area contributed by atoms with E-state index in [1.54, 1.807) is 19.1 Å². The molecule has 0 aliphatic carbocycles. The molecule has 0 saturated carbocycles. The monoisotopic (exact) mass is 400 g/mol. The topological polar surface area (TPSA) is 143 Å². The van der Waals surface area contributed by atoms with Crippen molar-refractivity contribution < 1.29 is 24.4 Å². The Morgan fingerprint density at radius 3 is 2.62 bits per heavy atom. The molecule has 0 fully saturated rings. The summed E-state index contributed by atoms with van der Waals surface area (Å²) in [4.78, 5) is 34.2. The van der Waals surface area contributed by atoms with E-state index in [0.29, 0.717) is 12.1 Å². The molecule has 0 unspecified atom stereocenters. The van der Waals surface area contributed by atoms with Crippen molar-refractivity contribution in [3.63, 3.8) is 0 Å². The summed E-state index contributed by atoms with van der Waals surface area (Å²) in [5.41, 5.74) is 3.06. The smallest absolute Gasteiger partial charge is 0.329 e. The maximum atomic E-state index is 12.0. The number of anilines is 1. The Kier molecular flexibility index (Phi) is 7.24. The third kappa shape index (κ3) is 5.51. The number of nitrogens with one attached hydrogen (secondary N) is 2. The van der Waals surface area contributed by atoms with Gasteiger partial charge in [-0.15, -0.1) is 0 Å². The molecule has 0 aliphatic heterocycles. The number of amides is 2. The van der Waals surface area contributed by atoms with Gasteiger partial charge in [-0.3, -0.25) is 19.7 Å². The number of rotatable bonds is 7. The molecule has 3 N–H and O–H groups in total. The number of benzene rings is 2. The first-order valence-electron chi connectivity index (χ1n) is 8.73. The number of para-hydroxylation sites is 1. The first-order valence-corrected chi connectivity index (χ1v) is 8.73. The molecule has 152 valence electrons. The van der Waals surface area contributed by atoms with Crippen molar-refractivity contribution in [2.45, 2.75) is 20.3 Å². The van der Waals surface area contributed by atoms with Gasteiger partial charge in [0.1, 0.15) is 0 Å². The number of nitro benzene ring substituents is 1. The molecule has 0 atom stereocenters. The summed E-state index contributed by atoms with van der Waals surface area (Å²) in [7, 11) is 0. The van der Waals surface area contributed by atoms with Crippen LogP contribution in [-0.4, -0.2) is 34.7 Å². The highest BCUT2D eigenvalue weighted by atomic mass is 16.6. The number of carbonyl (C=O) groups is 2. The van der Waals surface area contributed by atoms with Gasteiger partial charge in [0.2, 0.25) is 5.75 Å². The van der Waals surface area contributed by atoms with Crippen LogP contribution in [0.25, 0.3) is 0 Å². The number of phenols is 1. The predicted octanol–water partition coefficient (Wildman–Crippen LogP) is 2.35. The fraction of sp³-hybridized carbons (Fsp3) is 0.211. The van der Waals surface area contributed by atoms with Gasteiger partial charge in [0.25, 0.3) is 0 Å². The van der Waals surface area contributed by atoms with E-state index in [2.05, 4.69) is 10.4 Å². The SMILES string of the molecule is CCOc1cc(/C=N/NC(=O)C(=O)Nc2ccccc2CC)cc([N+](=O)[O-])c1O. The van der Waals surface area contributed by atoms with Gasteiger partial charge >= 0.3 is 17.5 Å². The van der Waals surface area contributed by atoms with Crippen molar-refractivity contribution in [2.24, 2.45) is 5.10 Å². The summed E-state index contributed by atoms with van der Waals surface area (Å²) in [6, 6.07) is 9.45. The molecule has 2 amide bonds. The normalized spacial score (nSPS) is 10.6. The second kappa shape index (κ2) is 9.83. The summed E-state index contributed by atoms with van der Waals surface area (Å²) in [5.74, 6) is -2.62. The molecular formula is C19H20N4O6. The standard InChI is InChI=1S/C19H20N4O6/c1-3-13-7-5-6-8-14(13)21-18(25)19(26)22-20-11-12-9-15(23(27)28)17(24)16(10-12)29-4-2/h5-11,24H,3-4H2,1-2H3,(H,21,25)(H,22,26)/b20-11+. The van der Waals surface area contributed by atoms with Crippen LogP contribution in [0.3, 0.4) is 0 Å². The third-order valence-corrected chi connectivity index (χ3v) is 3.81. The minimum atomic E-state index is -1.01. The van der Waals surface area contributed by atoms with Gasteiger partial charge < -0.3 is 15.2 Å². The van der Waals surface area contributed by atoms with Crippen LogP contribution >= 0.6 is 0 Å². The Hall–Kier alpha value is -3.95. The Balaban J connectivity index is 2.09. The van der Waals surface area contributed by atoms with Gasteiger partial charge in [0, 0.05) is 17.3 Å². The Bertz CT molecular complexity index is 958. The number of nitrogens with zero attached hydrogens (tertiary/aromatic N) is 2. The summed E-state index contributed by atoms with van der Waals surface area (Å²) < 4.78 is 5.15. The van der Waals surface area contributed by atoms with Crippen molar-refractivity contribution in [1.29, 1.82) is 0 Å². The molecule has 10 heteroatoms. The van der Waals surface area contributed by atoms with Crippen molar-refractivity contribution in [1.82, 2.24) is 5.43 Å². The van der Waals surface area contributed by atoms with Crippen LogP contribution in [0.15, 0.2) is 41.5 Å². The highest BCUT2D eigenvalue weighted by molar-refractivity contribution is 6.39. The molecule has 10 nitrogen and oxygen atoms in total. The van der Waals surface area contributed by atoms with Crippen LogP contribution in [0.5, 0.6) is 11.5 Å². The number of hydrazone groups is 1. The first-order chi connectivity index (χ1) is 13.9. The Labute approximate surface area is 166 Å². The minimum Gasteiger partial charge on any atom is -0.500 e. The molecule has 0 aromatic heterocycles. The largest absolute Gasteiger partial charge is 0.500 e. The number of ether oxygens (including phenoxy) is 1. The number of phenolic OH excluding ortho intramolecular Hbond substituents is 1. The summed E-state index contributed by atoms with van der Waals surface area (Å²) in [6.45, 7) is 3.76. The van der Waals surface area contributed by atoms with Crippen molar-refractivity contribution >= 4 is 29.4 Å². The van der Waals surface area contributed by atoms with Gasteiger partial charge in [0.15, 0.2) is 5.75 Å². The van der Waals surface area contributed by atoms with E-state index in [4.69, 9.17) is 4.74 Å². The van der Waals surface area contributed by atoms with Crippen LogP contribution in [0.4, 0.5) is 11.4 Å². The summed E-state index contributed by atoms with van der Waals surface area (Å²) >= 11 is 0. The highest BCUT2D eigenvalue weighted by Gasteiger charge is 2.20. The second-order valence-electron chi connectivity index (χ2n) is 5.74. The molecule has 29 heavy (non-hydrogen) atoms. The Morgan fingerprint density at radius 1 is 1.24 bits per heavy atom. The van der Waals surface area contributed by atoms with E-state index in [1.807, 2.05) is 24.5 Å². The average molecular weight is 400 g/mol. The van der Waals surface area contributed by atoms with E-state index in [-0.39, 0.29) is 17.9 Å². The van der Waals surface area contributed by atoms with Crippen LogP contribution in [-0.2, 0) is 16.0 Å². The molecule has 0 heterocycles. The number of nitro groups is 1. The quantitative estimate of drug-likeness (QED) is 0.282. The molecule has 2 aromatic carbocycles. The number of aryl methyl sites for hydroxylation is 1. The van der Waals surface area contributed by atoms with E-state index >= 15 is 0 Å². The van der Waals surface area contributed by atoms with E-state index in [9.17, 15) is 24.8 Å². The van der Waals surface area contributed by atoms with Crippen molar-refractivity contribution in [2.75, 3.05) is 11.9 Å². The van der Waals surface area contributed by atoms with Crippen molar-refractivity contribution in [3.05, 3.63) is 57.6 Å². The minimum absolute atomic E-state index is 0.0941. The molecule has 0 aliphatic rings. The van der Waals surface area contributed by atoms with Crippen LogP contribution in [0.1, 0.15) is 25.0 Å². The van der Waals surface area contributed by atoms with Gasteiger partial charge in [-0.2, -0.15) is 5.10 Å². The fourth-order valence-corrected chi connectivity index (χ4v) is 2.44. The highest BCUT2D eigenvalue weighted by Crippen LogP contribution is 2.36. The zero-order chi connectivity index (χ0) is 21.4. The summed E-state index contributed by atoms with van der Waals surface area (Å²) in [5, 5.41) is 27.0. The second-order valence-corrected chi connectivity index (χ2v) is 5.74. The predicted molar refractivity (Wildman–Crippen MR) is 106 cm³/mol. The van der Waals surface area contributed by atoms with Crippen LogP contribution in [0, 0.1) is 10.1 Å². The molecule has 2 aromatic rings. The molecule has 0 saturated heterocycles. The number of hydrogen-bond donors (Lipinski definition) is 3. The summed E-state index contributed by atoms with van der Waals surface area (Å²) in [6.07, 6.45) is 1.78. The maximum Gasteiger partial charge on any atom is 0.329 e. The molecule has 0 spiro atoms. The zero-order valence-corrected chi connectivity index (χ0v) is 15.8. The lowest BCUT2D eigenvalue weighted by Crippen LogP contribution is -2.32. The van der Waals surface area contributed by atoms with Crippen molar-refractivity contribution in [3.8, 4) is 11.5 Å². The van der Waals surface area contributed by atoms with E-state index < -0.39 is 28.2 Å². The number of hydrogen-bond acceptors (Lipinski definition) is 7. The number of carbonyl (C=O) groups excluding carboxylic acids is 2. The van der Waals surface area contributed by atoms with Crippen LogP contribution < -0.4 is 15.5 Å². The molecular weight excluding hydrogens is 380 g/mol. The average Bonchev–Trinajstić information content (AvgIpc) is 2.70. The lowest BCUT2D eigenvalue weighted by Gasteiger charge is -2.08. The first kappa shape index (κ1) is 21.4. The van der Waals surface area contributed by atoms with Crippen LogP contribution in [0.2, 0.25) is 0 Å². The lowest BCUT2D eigenvalue weighted by molar-refractivity contribution is -0.386. The van der Waals surface area contributed by atoms with Gasteiger partial charge in [0.05, 0.1) is 17.7 Å². The fourth-order valence-electron chi connectivity index (χ4n) is 2.44. The van der Waals surface area contributed by atoms with Gasteiger partial charge in [-0.25, -0.2) is 5.43 Å². The molecule has 0 radical (unpaired) electrons.